The molecule has 1 amide bonds. The molecule has 0 aromatic carbocycles. The molecule has 0 unspecified atom stereocenters. The Balaban J connectivity index is 1.95. The first-order valence-corrected chi connectivity index (χ1v) is 6.99. The molecule has 2 rings (SSSR count). The van der Waals surface area contributed by atoms with Crippen LogP contribution in [0.25, 0.3) is 0 Å². The van der Waals surface area contributed by atoms with E-state index < -0.39 is 18.0 Å². The van der Waals surface area contributed by atoms with E-state index in [0.29, 0.717) is 5.69 Å². The minimum atomic E-state index is -4.69. The lowest BCUT2D eigenvalue weighted by Gasteiger charge is -2.08. The van der Waals surface area contributed by atoms with Crippen LogP contribution in [0.5, 0.6) is 0 Å². The first-order valence-electron chi connectivity index (χ1n) is 6.99. The molecule has 0 saturated carbocycles. The van der Waals surface area contributed by atoms with Gasteiger partial charge in [-0.15, -0.1) is 0 Å². The molecule has 3 N–H and O–H groups in total. The number of carbonyl (C=O) groups excluding carboxylic acids is 1. The molecule has 0 aliphatic carbocycles. The predicted octanol–water partition coefficient (Wildman–Crippen LogP) is 1.56. The van der Waals surface area contributed by atoms with E-state index in [4.69, 9.17) is 5.73 Å². The number of anilines is 1. The van der Waals surface area contributed by atoms with Gasteiger partial charge in [0, 0.05) is 18.7 Å². The number of halogens is 3. The number of alkyl halides is 3. The fourth-order valence-electron chi connectivity index (χ4n) is 1.75. The number of nitrogens with two attached hydrogens (primary N) is 1. The summed E-state index contributed by atoms with van der Waals surface area (Å²) in [6.45, 7) is 3.78. The summed E-state index contributed by atoms with van der Waals surface area (Å²) < 4.78 is 41.1. The Kier molecular flexibility index (Phi) is 5.00. The van der Waals surface area contributed by atoms with Gasteiger partial charge in [-0.2, -0.15) is 18.2 Å². The quantitative estimate of drug-likeness (QED) is 0.844. The number of nitrogen functional groups attached to an aromatic ring is 1. The van der Waals surface area contributed by atoms with Gasteiger partial charge in [-0.1, -0.05) is 19.0 Å². The minimum absolute atomic E-state index is 0.0105. The fourth-order valence-corrected chi connectivity index (χ4v) is 1.75. The fraction of sp³-hybridized carbons (Fsp3) is 0.462. The molecule has 2 aromatic heterocycles. The second kappa shape index (κ2) is 6.81. The zero-order chi connectivity index (χ0) is 17.9. The molecular formula is C13H15F3N6O2. The molecule has 0 radical (unpaired) electrons. The summed E-state index contributed by atoms with van der Waals surface area (Å²) >= 11 is 0. The average molecular weight is 344 g/mol. The molecule has 0 bridgehead atoms. The monoisotopic (exact) mass is 344 g/mol. The highest BCUT2D eigenvalue weighted by Gasteiger charge is 2.38. The average Bonchev–Trinajstić information content (AvgIpc) is 2.95. The second-order valence-electron chi connectivity index (χ2n) is 5.21. The lowest BCUT2D eigenvalue weighted by molar-refractivity contribution is -0.159. The molecule has 24 heavy (non-hydrogen) atoms. The zero-order valence-electron chi connectivity index (χ0n) is 12.9. The standard InChI is InChI=1S/C13H15F3N6O2/c1-6(2)7-5-8(20-12(17)19-7)10(23)18-4-3-9-21-11(24-22-9)13(14,15)16/h5-6H,3-4H2,1-2H3,(H,18,23)(H2,17,19,20). The van der Waals surface area contributed by atoms with E-state index in [-0.39, 0.29) is 36.4 Å². The van der Waals surface area contributed by atoms with Crippen LogP contribution in [0.15, 0.2) is 10.6 Å². The molecule has 11 heteroatoms. The molecule has 8 nitrogen and oxygen atoms in total. The van der Waals surface area contributed by atoms with Crippen molar-refractivity contribution in [2.45, 2.75) is 32.4 Å². The number of amides is 1. The van der Waals surface area contributed by atoms with Crippen molar-refractivity contribution in [2.75, 3.05) is 12.3 Å². The van der Waals surface area contributed by atoms with Gasteiger partial charge >= 0.3 is 12.1 Å². The Hall–Kier alpha value is -2.72. The highest BCUT2D eigenvalue weighted by molar-refractivity contribution is 5.92. The second-order valence-corrected chi connectivity index (χ2v) is 5.21. The maximum Gasteiger partial charge on any atom is 0.471 e. The van der Waals surface area contributed by atoms with Gasteiger partial charge in [0.25, 0.3) is 5.91 Å². The van der Waals surface area contributed by atoms with Gasteiger partial charge in [0.15, 0.2) is 5.82 Å². The SMILES string of the molecule is CC(C)c1cc(C(=O)NCCc2noc(C(F)(F)F)n2)nc(N)n1. The molecule has 0 aliphatic rings. The normalized spacial score (nSPS) is 11.8. The molecule has 0 fully saturated rings. The van der Waals surface area contributed by atoms with E-state index in [0.717, 1.165) is 0 Å². The van der Waals surface area contributed by atoms with Crippen molar-refractivity contribution in [1.29, 1.82) is 0 Å². The largest absolute Gasteiger partial charge is 0.471 e. The van der Waals surface area contributed by atoms with Crippen LogP contribution in [-0.4, -0.2) is 32.6 Å². The van der Waals surface area contributed by atoms with E-state index in [2.05, 4.69) is 29.9 Å². The van der Waals surface area contributed by atoms with Crippen molar-refractivity contribution in [3.8, 4) is 0 Å². The lowest BCUT2D eigenvalue weighted by Crippen LogP contribution is -2.27. The summed E-state index contributed by atoms with van der Waals surface area (Å²) in [5.74, 6) is -2.08. The third-order valence-corrected chi connectivity index (χ3v) is 2.93. The van der Waals surface area contributed by atoms with Gasteiger partial charge in [0.05, 0.1) is 0 Å². The predicted molar refractivity (Wildman–Crippen MR) is 75.9 cm³/mol. The van der Waals surface area contributed by atoms with E-state index in [1.165, 1.54) is 6.07 Å². The maximum atomic E-state index is 12.3. The van der Waals surface area contributed by atoms with Crippen molar-refractivity contribution < 1.29 is 22.5 Å². The maximum absolute atomic E-state index is 12.3. The summed E-state index contributed by atoms with van der Waals surface area (Å²) in [7, 11) is 0. The van der Waals surface area contributed by atoms with Crippen LogP contribution in [0.1, 0.15) is 47.7 Å². The van der Waals surface area contributed by atoms with E-state index in [1.807, 2.05) is 13.8 Å². The highest BCUT2D eigenvalue weighted by atomic mass is 19.4. The molecular weight excluding hydrogens is 329 g/mol. The van der Waals surface area contributed by atoms with Crippen LogP contribution >= 0.6 is 0 Å². The molecule has 2 aromatic rings. The van der Waals surface area contributed by atoms with Crippen LogP contribution in [0.2, 0.25) is 0 Å². The highest BCUT2D eigenvalue weighted by Crippen LogP contribution is 2.27. The Morgan fingerprint density at radius 1 is 1.33 bits per heavy atom. The number of nitrogens with one attached hydrogen (secondary N) is 1. The van der Waals surface area contributed by atoms with Crippen molar-refractivity contribution in [3.63, 3.8) is 0 Å². The summed E-state index contributed by atoms with van der Waals surface area (Å²) in [5.41, 5.74) is 6.25. The Morgan fingerprint density at radius 3 is 2.62 bits per heavy atom. The first kappa shape index (κ1) is 17.6. The Morgan fingerprint density at radius 2 is 2.04 bits per heavy atom. The van der Waals surface area contributed by atoms with Gasteiger partial charge in [-0.3, -0.25) is 4.79 Å². The molecule has 0 aliphatic heterocycles. The lowest BCUT2D eigenvalue weighted by atomic mass is 10.1. The van der Waals surface area contributed by atoms with E-state index >= 15 is 0 Å². The topological polar surface area (TPSA) is 120 Å². The number of rotatable bonds is 5. The van der Waals surface area contributed by atoms with Crippen molar-refractivity contribution in [1.82, 2.24) is 25.4 Å². The van der Waals surface area contributed by atoms with Gasteiger partial charge in [-0.05, 0) is 12.0 Å². The summed E-state index contributed by atoms with van der Waals surface area (Å²) in [6.07, 6.45) is -4.72. The number of carbonyl (C=O) groups is 1. The molecule has 2 heterocycles. The smallest absolute Gasteiger partial charge is 0.368 e. The van der Waals surface area contributed by atoms with Crippen LogP contribution in [0, 0.1) is 0 Å². The summed E-state index contributed by atoms with van der Waals surface area (Å²) in [6, 6.07) is 1.51. The molecule has 130 valence electrons. The summed E-state index contributed by atoms with van der Waals surface area (Å²) in [5, 5.41) is 5.70. The van der Waals surface area contributed by atoms with Gasteiger partial charge in [0.2, 0.25) is 5.95 Å². The molecule has 0 spiro atoms. The summed E-state index contributed by atoms with van der Waals surface area (Å²) in [4.78, 5) is 23.1. The molecule has 0 saturated heterocycles. The Bertz CT molecular complexity index is 729. The van der Waals surface area contributed by atoms with Crippen molar-refractivity contribution in [3.05, 3.63) is 29.2 Å². The van der Waals surface area contributed by atoms with Crippen molar-refractivity contribution >= 4 is 11.9 Å². The zero-order valence-corrected chi connectivity index (χ0v) is 12.9. The Labute approximate surface area is 134 Å². The van der Waals surface area contributed by atoms with Gasteiger partial charge in [0.1, 0.15) is 5.69 Å². The number of hydrogen-bond donors (Lipinski definition) is 2. The third kappa shape index (κ3) is 4.40. The molecule has 0 atom stereocenters. The number of hydrogen-bond acceptors (Lipinski definition) is 7. The van der Waals surface area contributed by atoms with Crippen LogP contribution in [0.4, 0.5) is 19.1 Å². The minimum Gasteiger partial charge on any atom is -0.368 e. The third-order valence-electron chi connectivity index (χ3n) is 2.93. The first-order chi connectivity index (χ1) is 11.2. The van der Waals surface area contributed by atoms with E-state index in [9.17, 15) is 18.0 Å². The van der Waals surface area contributed by atoms with Gasteiger partial charge in [-0.25, -0.2) is 9.97 Å². The van der Waals surface area contributed by atoms with Crippen LogP contribution in [-0.2, 0) is 12.6 Å². The van der Waals surface area contributed by atoms with Crippen LogP contribution in [0.3, 0.4) is 0 Å². The van der Waals surface area contributed by atoms with E-state index in [1.54, 1.807) is 0 Å². The van der Waals surface area contributed by atoms with Gasteiger partial charge < -0.3 is 15.6 Å². The number of aromatic nitrogens is 4. The number of nitrogens with zero attached hydrogens (tertiary/aromatic N) is 4. The van der Waals surface area contributed by atoms with Crippen molar-refractivity contribution in [2.24, 2.45) is 0 Å². The van der Waals surface area contributed by atoms with Crippen LogP contribution < -0.4 is 11.1 Å².